The molecule has 2 amide bonds. The highest BCUT2D eigenvalue weighted by molar-refractivity contribution is 9.10. The highest BCUT2D eigenvalue weighted by Crippen LogP contribution is 2.27. The van der Waals surface area contributed by atoms with E-state index in [1.165, 1.54) is 0 Å². The number of amides is 2. The number of halogens is 2. The van der Waals surface area contributed by atoms with E-state index >= 15 is 0 Å². The van der Waals surface area contributed by atoms with Gasteiger partial charge < -0.3 is 10.6 Å². The summed E-state index contributed by atoms with van der Waals surface area (Å²) in [5.74, 6) is -0.424. The Hall–Kier alpha value is -1.89. The van der Waals surface area contributed by atoms with E-state index < -0.39 is 0 Å². The first kappa shape index (κ1) is 20.4. The third kappa shape index (κ3) is 5.83. The van der Waals surface area contributed by atoms with Gasteiger partial charge in [0.05, 0.1) is 29.5 Å². The average Bonchev–Trinajstić information content (AvgIpc) is 2.52. The number of hydrogen-bond donors (Lipinski definition) is 2. The predicted octanol–water partition coefficient (Wildman–Crippen LogP) is 4.23. The van der Waals surface area contributed by atoms with Crippen LogP contribution in [0.2, 0.25) is 5.02 Å². The van der Waals surface area contributed by atoms with Gasteiger partial charge in [-0.3, -0.25) is 14.5 Å². The van der Waals surface area contributed by atoms with Gasteiger partial charge in [-0.05, 0) is 66.2 Å². The Morgan fingerprint density at radius 1 is 1.08 bits per heavy atom. The lowest BCUT2D eigenvalue weighted by Gasteiger charge is -2.17. The first-order valence-corrected chi connectivity index (χ1v) is 9.23. The SMILES string of the molecule is Cc1cc(C)c(NC(=O)CN(C)CC(=O)Nc2ccccc2Br)c(Cl)c1. The molecule has 0 atom stereocenters. The minimum atomic E-state index is -0.227. The summed E-state index contributed by atoms with van der Waals surface area (Å²) in [6, 6.07) is 11.1. The highest BCUT2D eigenvalue weighted by atomic mass is 79.9. The Balaban J connectivity index is 1.89. The number of carbonyl (C=O) groups is 2. The van der Waals surface area contributed by atoms with Crippen LogP contribution in [0, 0.1) is 13.8 Å². The minimum Gasteiger partial charge on any atom is -0.324 e. The predicted molar refractivity (Wildman–Crippen MR) is 110 cm³/mol. The number of carbonyl (C=O) groups excluding carboxylic acids is 2. The molecule has 5 nitrogen and oxygen atoms in total. The Morgan fingerprint density at radius 3 is 2.31 bits per heavy atom. The first-order valence-electron chi connectivity index (χ1n) is 8.06. The molecule has 0 saturated heterocycles. The second-order valence-corrected chi connectivity index (χ2v) is 7.45. The van der Waals surface area contributed by atoms with Gasteiger partial charge in [0, 0.05) is 4.47 Å². The number of benzene rings is 2. The molecule has 0 bridgehead atoms. The normalized spacial score (nSPS) is 10.7. The molecule has 2 rings (SSSR count). The van der Waals surface area contributed by atoms with Gasteiger partial charge in [-0.25, -0.2) is 0 Å². The number of aryl methyl sites for hydroxylation is 2. The summed E-state index contributed by atoms with van der Waals surface area (Å²) in [5, 5.41) is 6.13. The molecule has 0 saturated carbocycles. The quantitative estimate of drug-likeness (QED) is 0.709. The number of para-hydroxylation sites is 1. The number of nitrogens with one attached hydrogen (secondary N) is 2. The summed E-state index contributed by atoms with van der Waals surface area (Å²) in [5.41, 5.74) is 3.23. The lowest BCUT2D eigenvalue weighted by Crippen LogP contribution is -2.36. The van der Waals surface area contributed by atoms with E-state index in [-0.39, 0.29) is 24.9 Å². The fourth-order valence-electron chi connectivity index (χ4n) is 2.55. The monoisotopic (exact) mass is 437 g/mol. The van der Waals surface area contributed by atoms with Crippen LogP contribution in [0.1, 0.15) is 11.1 Å². The van der Waals surface area contributed by atoms with Gasteiger partial charge in [-0.15, -0.1) is 0 Å². The first-order chi connectivity index (χ1) is 12.3. The largest absolute Gasteiger partial charge is 0.324 e. The summed E-state index contributed by atoms with van der Waals surface area (Å²) in [7, 11) is 1.71. The Kier molecular flexibility index (Phi) is 7.20. The van der Waals surface area contributed by atoms with Crippen LogP contribution in [0.5, 0.6) is 0 Å². The van der Waals surface area contributed by atoms with Crippen LogP contribution < -0.4 is 10.6 Å². The fourth-order valence-corrected chi connectivity index (χ4v) is 3.30. The molecule has 26 heavy (non-hydrogen) atoms. The van der Waals surface area contributed by atoms with Gasteiger partial charge in [0.15, 0.2) is 0 Å². The molecular formula is C19H21BrClN3O2. The number of nitrogens with zero attached hydrogens (tertiary/aromatic N) is 1. The van der Waals surface area contributed by atoms with Gasteiger partial charge >= 0.3 is 0 Å². The van der Waals surface area contributed by atoms with E-state index in [0.717, 1.165) is 15.6 Å². The van der Waals surface area contributed by atoms with Crippen molar-refractivity contribution in [2.24, 2.45) is 0 Å². The van der Waals surface area contributed by atoms with Crippen molar-refractivity contribution in [3.05, 3.63) is 57.0 Å². The Bertz CT molecular complexity index is 803. The third-order valence-electron chi connectivity index (χ3n) is 3.67. The molecular weight excluding hydrogens is 418 g/mol. The van der Waals surface area contributed by atoms with Crippen LogP contribution in [0.3, 0.4) is 0 Å². The summed E-state index contributed by atoms with van der Waals surface area (Å²) in [6.07, 6.45) is 0. The fraction of sp³-hybridized carbons (Fsp3) is 0.263. The van der Waals surface area contributed by atoms with Crippen LogP contribution in [0.25, 0.3) is 0 Å². The smallest absolute Gasteiger partial charge is 0.238 e. The second kappa shape index (κ2) is 9.16. The van der Waals surface area contributed by atoms with Crippen molar-refractivity contribution in [1.82, 2.24) is 4.90 Å². The Morgan fingerprint density at radius 2 is 1.69 bits per heavy atom. The van der Waals surface area contributed by atoms with E-state index in [2.05, 4.69) is 26.6 Å². The van der Waals surface area contributed by atoms with E-state index in [9.17, 15) is 9.59 Å². The van der Waals surface area contributed by atoms with Gasteiger partial charge in [0.2, 0.25) is 11.8 Å². The molecule has 0 aliphatic rings. The topological polar surface area (TPSA) is 61.4 Å². The maximum absolute atomic E-state index is 12.3. The maximum Gasteiger partial charge on any atom is 0.238 e. The molecule has 0 aromatic heterocycles. The second-order valence-electron chi connectivity index (χ2n) is 6.19. The molecule has 2 aromatic carbocycles. The van der Waals surface area contributed by atoms with Crippen molar-refractivity contribution in [3.8, 4) is 0 Å². The van der Waals surface area contributed by atoms with Gasteiger partial charge in [0.25, 0.3) is 0 Å². The molecule has 0 spiro atoms. The number of likely N-dealkylation sites (N-methyl/N-ethyl adjacent to an activating group) is 1. The van der Waals surface area contributed by atoms with Crippen molar-refractivity contribution in [1.29, 1.82) is 0 Å². The van der Waals surface area contributed by atoms with Gasteiger partial charge in [-0.1, -0.05) is 29.8 Å². The van der Waals surface area contributed by atoms with Crippen molar-refractivity contribution in [2.75, 3.05) is 30.8 Å². The summed E-state index contributed by atoms with van der Waals surface area (Å²) >= 11 is 9.59. The van der Waals surface area contributed by atoms with E-state index in [1.807, 2.05) is 38.1 Å². The summed E-state index contributed by atoms with van der Waals surface area (Å²) in [6.45, 7) is 4.01. The van der Waals surface area contributed by atoms with Crippen LogP contribution in [0.15, 0.2) is 40.9 Å². The molecule has 7 heteroatoms. The van der Waals surface area contributed by atoms with E-state index in [4.69, 9.17) is 11.6 Å². The van der Waals surface area contributed by atoms with Crippen molar-refractivity contribution < 1.29 is 9.59 Å². The third-order valence-corrected chi connectivity index (χ3v) is 4.66. The zero-order valence-electron chi connectivity index (χ0n) is 14.9. The molecule has 0 heterocycles. The maximum atomic E-state index is 12.3. The number of hydrogen-bond acceptors (Lipinski definition) is 3. The molecule has 2 aromatic rings. The van der Waals surface area contributed by atoms with E-state index in [1.54, 1.807) is 24.1 Å². The molecule has 0 radical (unpaired) electrons. The van der Waals surface area contributed by atoms with Crippen LogP contribution in [0.4, 0.5) is 11.4 Å². The van der Waals surface area contributed by atoms with Crippen molar-refractivity contribution in [2.45, 2.75) is 13.8 Å². The molecule has 0 fully saturated rings. The Labute approximate surface area is 166 Å². The number of anilines is 2. The van der Waals surface area contributed by atoms with Crippen molar-refractivity contribution in [3.63, 3.8) is 0 Å². The van der Waals surface area contributed by atoms with E-state index in [0.29, 0.717) is 16.4 Å². The zero-order chi connectivity index (χ0) is 19.3. The zero-order valence-corrected chi connectivity index (χ0v) is 17.2. The van der Waals surface area contributed by atoms with Crippen molar-refractivity contribution >= 4 is 50.7 Å². The molecule has 0 unspecified atom stereocenters. The minimum absolute atomic E-state index is 0.0764. The van der Waals surface area contributed by atoms with Gasteiger partial charge in [0.1, 0.15) is 0 Å². The lowest BCUT2D eigenvalue weighted by atomic mass is 10.1. The van der Waals surface area contributed by atoms with Crippen LogP contribution in [-0.2, 0) is 9.59 Å². The molecule has 138 valence electrons. The lowest BCUT2D eigenvalue weighted by molar-refractivity contribution is -0.119. The summed E-state index contributed by atoms with van der Waals surface area (Å²) in [4.78, 5) is 26.0. The average molecular weight is 439 g/mol. The standard InChI is InChI=1S/C19H21BrClN3O2/c1-12-8-13(2)19(15(21)9-12)23-18(26)11-24(3)10-17(25)22-16-7-5-4-6-14(16)20/h4-9H,10-11H2,1-3H3,(H,22,25)(H,23,26). The summed E-state index contributed by atoms with van der Waals surface area (Å²) < 4.78 is 0.804. The molecule has 0 aliphatic carbocycles. The van der Waals surface area contributed by atoms with Crippen LogP contribution >= 0.6 is 27.5 Å². The highest BCUT2D eigenvalue weighted by Gasteiger charge is 2.14. The van der Waals surface area contributed by atoms with Gasteiger partial charge in [-0.2, -0.15) is 0 Å². The molecule has 2 N–H and O–H groups in total. The molecule has 0 aliphatic heterocycles. The van der Waals surface area contributed by atoms with Crippen LogP contribution in [-0.4, -0.2) is 36.9 Å². The number of rotatable bonds is 6.